The van der Waals surface area contributed by atoms with Gasteiger partial charge in [0, 0.05) is 33.3 Å². The SMILES string of the molecule is CCNC(=NCC(OC)C(C)(C)C)N1CCC(CN(CC)CC(F)(F)F)C1.I. The van der Waals surface area contributed by atoms with E-state index in [1.54, 1.807) is 14.0 Å². The van der Waals surface area contributed by atoms with Gasteiger partial charge in [-0.25, -0.2) is 0 Å². The third kappa shape index (κ3) is 9.96. The fourth-order valence-electron chi connectivity index (χ4n) is 3.40. The molecule has 9 heteroatoms. The number of hydrogen-bond donors (Lipinski definition) is 1. The Hall–Kier alpha value is -0.290. The van der Waals surface area contributed by atoms with Gasteiger partial charge in [-0.1, -0.05) is 27.7 Å². The number of hydrogen-bond acceptors (Lipinski definition) is 3. The van der Waals surface area contributed by atoms with E-state index in [0.29, 0.717) is 19.6 Å². The van der Waals surface area contributed by atoms with Gasteiger partial charge in [-0.15, -0.1) is 24.0 Å². The first-order valence-electron chi connectivity index (χ1n) is 9.85. The maximum Gasteiger partial charge on any atom is 0.401 e. The molecule has 0 aromatic rings. The Bertz CT molecular complexity index is 469. The molecule has 28 heavy (non-hydrogen) atoms. The van der Waals surface area contributed by atoms with Crippen LogP contribution < -0.4 is 5.32 Å². The van der Waals surface area contributed by atoms with Gasteiger partial charge in [-0.3, -0.25) is 9.89 Å². The number of rotatable bonds is 8. The van der Waals surface area contributed by atoms with E-state index in [0.717, 1.165) is 32.0 Å². The van der Waals surface area contributed by atoms with Gasteiger partial charge in [0.25, 0.3) is 0 Å². The standard InChI is InChI=1S/C19H37F3N4O.HI/c1-7-23-17(24-11-16(27-6)18(3,4)5)26-10-9-15(13-26)12-25(8-2)14-19(20,21)22;/h15-16H,7-14H2,1-6H3,(H,23,24);1H. The predicted octanol–water partition coefficient (Wildman–Crippen LogP) is 3.84. The Labute approximate surface area is 185 Å². The highest BCUT2D eigenvalue weighted by Gasteiger charge is 2.33. The van der Waals surface area contributed by atoms with Gasteiger partial charge in [-0.05, 0) is 31.2 Å². The van der Waals surface area contributed by atoms with E-state index in [4.69, 9.17) is 9.73 Å². The lowest BCUT2D eigenvalue weighted by molar-refractivity contribution is -0.146. The Morgan fingerprint density at radius 3 is 2.39 bits per heavy atom. The smallest absolute Gasteiger partial charge is 0.379 e. The second kappa shape index (κ2) is 12.4. The van der Waals surface area contributed by atoms with Gasteiger partial charge < -0.3 is 15.0 Å². The molecule has 1 fully saturated rings. The second-order valence-corrected chi connectivity index (χ2v) is 8.33. The minimum absolute atomic E-state index is 0. The molecule has 0 spiro atoms. The average molecular weight is 522 g/mol. The van der Waals surface area contributed by atoms with Crippen molar-refractivity contribution in [2.75, 3.05) is 52.9 Å². The Kier molecular flexibility index (Phi) is 12.3. The van der Waals surface area contributed by atoms with Crippen molar-refractivity contribution in [3.05, 3.63) is 0 Å². The number of nitrogens with one attached hydrogen (secondary N) is 1. The van der Waals surface area contributed by atoms with Gasteiger partial charge in [-0.2, -0.15) is 13.2 Å². The van der Waals surface area contributed by atoms with Crippen molar-refractivity contribution in [1.82, 2.24) is 15.1 Å². The second-order valence-electron chi connectivity index (χ2n) is 8.33. The molecule has 0 saturated carbocycles. The van der Waals surface area contributed by atoms with Crippen LogP contribution in [-0.4, -0.2) is 81.0 Å². The van der Waals surface area contributed by atoms with Crippen LogP contribution >= 0.6 is 24.0 Å². The molecule has 2 atom stereocenters. The highest BCUT2D eigenvalue weighted by Crippen LogP contribution is 2.23. The largest absolute Gasteiger partial charge is 0.401 e. The summed E-state index contributed by atoms with van der Waals surface area (Å²) in [4.78, 5) is 8.38. The quantitative estimate of drug-likeness (QED) is 0.299. The minimum atomic E-state index is -4.15. The zero-order valence-corrected chi connectivity index (χ0v) is 20.4. The highest BCUT2D eigenvalue weighted by atomic mass is 127. The summed E-state index contributed by atoms with van der Waals surface area (Å²) in [5.41, 5.74) is -0.0116. The van der Waals surface area contributed by atoms with Crippen LogP contribution in [0.2, 0.25) is 0 Å². The third-order valence-corrected chi connectivity index (χ3v) is 4.94. The van der Waals surface area contributed by atoms with E-state index in [9.17, 15) is 13.2 Å². The molecule has 0 aliphatic carbocycles. The number of ether oxygens (including phenoxy) is 1. The van der Waals surface area contributed by atoms with Crippen LogP contribution in [0, 0.1) is 11.3 Å². The maximum absolute atomic E-state index is 12.7. The van der Waals surface area contributed by atoms with Gasteiger partial charge in [0.15, 0.2) is 5.96 Å². The highest BCUT2D eigenvalue weighted by molar-refractivity contribution is 14.0. The number of halogens is 4. The van der Waals surface area contributed by atoms with Crippen molar-refractivity contribution in [2.24, 2.45) is 16.3 Å². The molecule has 5 nitrogen and oxygen atoms in total. The van der Waals surface area contributed by atoms with Gasteiger partial charge >= 0.3 is 6.18 Å². The Morgan fingerprint density at radius 1 is 1.29 bits per heavy atom. The molecular formula is C19H38F3IN4O. The van der Waals surface area contributed by atoms with E-state index in [1.807, 2.05) is 6.92 Å². The van der Waals surface area contributed by atoms with Crippen LogP contribution in [-0.2, 0) is 4.74 Å². The van der Waals surface area contributed by atoms with Crippen molar-refractivity contribution < 1.29 is 17.9 Å². The zero-order chi connectivity index (χ0) is 20.7. The summed E-state index contributed by atoms with van der Waals surface area (Å²) >= 11 is 0. The van der Waals surface area contributed by atoms with E-state index >= 15 is 0 Å². The fraction of sp³-hybridized carbons (Fsp3) is 0.947. The summed E-state index contributed by atoms with van der Waals surface area (Å²) in [5, 5.41) is 3.31. The van der Waals surface area contributed by atoms with Crippen LogP contribution in [0.25, 0.3) is 0 Å². The summed E-state index contributed by atoms with van der Waals surface area (Å²) in [7, 11) is 1.70. The number of nitrogens with zero attached hydrogens (tertiary/aromatic N) is 3. The average Bonchev–Trinajstić information content (AvgIpc) is 2.99. The topological polar surface area (TPSA) is 40.1 Å². The van der Waals surface area contributed by atoms with E-state index in [1.165, 1.54) is 4.90 Å². The minimum Gasteiger partial charge on any atom is -0.379 e. The molecule has 1 heterocycles. The first-order valence-corrected chi connectivity index (χ1v) is 9.85. The fourth-order valence-corrected chi connectivity index (χ4v) is 3.40. The number of aliphatic imine (C=N–C) groups is 1. The molecular weight excluding hydrogens is 484 g/mol. The first kappa shape index (κ1) is 27.7. The molecule has 168 valence electrons. The predicted molar refractivity (Wildman–Crippen MR) is 119 cm³/mol. The van der Waals surface area contributed by atoms with Gasteiger partial charge in [0.05, 0.1) is 19.2 Å². The monoisotopic (exact) mass is 522 g/mol. The normalized spacial score (nSPS) is 19.7. The number of alkyl halides is 3. The Balaban J connectivity index is 0.00000729. The van der Waals surface area contributed by atoms with Gasteiger partial charge in [0.1, 0.15) is 0 Å². The van der Waals surface area contributed by atoms with E-state index in [-0.39, 0.29) is 41.4 Å². The van der Waals surface area contributed by atoms with Crippen molar-refractivity contribution >= 4 is 29.9 Å². The third-order valence-electron chi connectivity index (χ3n) is 4.94. The van der Waals surface area contributed by atoms with Crippen LogP contribution in [0.3, 0.4) is 0 Å². The molecule has 0 aromatic carbocycles. The van der Waals surface area contributed by atoms with E-state index in [2.05, 4.69) is 31.0 Å². The van der Waals surface area contributed by atoms with Crippen LogP contribution in [0.15, 0.2) is 4.99 Å². The summed E-state index contributed by atoms with van der Waals surface area (Å²) in [5.74, 6) is 1.04. The Morgan fingerprint density at radius 2 is 1.93 bits per heavy atom. The molecule has 2 unspecified atom stereocenters. The molecule has 1 N–H and O–H groups in total. The summed E-state index contributed by atoms with van der Waals surface area (Å²) in [6, 6.07) is 0. The van der Waals surface area contributed by atoms with E-state index < -0.39 is 12.7 Å². The summed E-state index contributed by atoms with van der Waals surface area (Å²) in [6.45, 7) is 13.0. The number of likely N-dealkylation sites (tertiary alicyclic amines) is 1. The van der Waals surface area contributed by atoms with Crippen molar-refractivity contribution in [3.8, 4) is 0 Å². The molecule has 1 aliphatic heterocycles. The molecule has 1 aliphatic rings. The van der Waals surface area contributed by atoms with Crippen molar-refractivity contribution in [3.63, 3.8) is 0 Å². The molecule has 0 aromatic heterocycles. The maximum atomic E-state index is 12.7. The lowest BCUT2D eigenvalue weighted by atomic mass is 9.89. The van der Waals surface area contributed by atoms with Gasteiger partial charge in [0.2, 0.25) is 0 Å². The van der Waals surface area contributed by atoms with Crippen molar-refractivity contribution in [2.45, 2.75) is 53.3 Å². The molecule has 1 saturated heterocycles. The van der Waals surface area contributed by atoms with Crippen LogP contribution in [0.5, 0.6) is 0 Å². The number of guanidine groups is 1. The lowest BCUT2D eigenvalue weighted by Gasteiger charge is -2.29. The number of methoxy groups -OCH3 is 1. The summed E-state index contributed by atoms with van der Waals surface area (Å²) in [6.07, 6.45) is -3.26. The molecule has 0 bridgehead atoms. The zero-order valence-electron chi connectivity index (χ0n) is 18.1. The van der Waals surface area contributed by atoms with Crippen LogP contribution in [0.4, 0.5) is 13.2 Å². The molecule has 0 amide bonds. The molecule has 0 radical (unpaired) electrons. The molecule has 1 rings (SSSR count). The van der Waals surface area contributed by atoms with Crippen molar-refractivity contribution in [1.29, 1.82) is 0 Å². The first-order chi connectivity index (χ1) is 12.5. The lowest BCUT2D eigenvalue weighted by Crippen LogP contribution is -2.42. The van der Waals surface area contributed by atoms with Crippen LogP contribution in [0.1, 0.15) is 41.0 Å². The summed E-state index contributed by atoms with van der Waals surface area (Å²) < 4.78 is 43.6.